The minimum Gasteiger partial charge on any atom is -0.492 e. The zero-order valence-corrected chi connectivity index (χ0v) is 17.1. The highest BCUT2D eigenvalue weighted by Crippen LogP contribution is 2.31. The first-order valence-corrected chi connectivity index (χ1v) is 9.16. The Balaban J connectivity index is 1.83. The van der Waals surface area contributed by atoms with Gasteiger partial charge in [0.25, 0.3) is 0 Å². The molecule has 1 amide bonds. The minimum absolute atomic E-state index is 0.0766. The van der Waals surface area contributed by atoms with Crippen LogP contribution < -0.4 is 10.1 Å². The lowest BCUT2D eigenvalue weighted by Crippen LogP contribution is -2.16. The van der Waals surface area contributed by atoms with Crippen molar-refractivity contribution in [3.63, 3.8) is 0 Å². The molecule has 2 aromatic rings. The van der Waals surface area contributed by atoms with Crippen molar-refractivity contribution in [2.24, 2.45) is 7.05 Å². The Labute approximate surface area is 162 Å². The fourth-order valence-corrected chi connectivity index (χ4v) is 2.85. The number of anilines is 1. The van der Waals surface area contributed by atoms with Crippen molar-refractivity contribution in [1.82, 2.24) is 9.78 Å². The first kappa shape index (κ1) is 20.0. The van der Waals surface area contributed by atoms with Crippen LogP contribution in [0.1, 0.15) is 44.7 Å². The molecule has 0 bridgehead atoms. The topological polar surface area (TPSA) is 79.9 Å². The molecule has 0 aliphatic carbocycles. The second kappa shape index (κ2) is 8.37. The fraction of sp³-hybridized carbons (Fsp3) is 0.421. The quantitative estimate of drug-likeness (QED) is 0.714. The molecular formula is C19H23BrN4O2. The molecule has 2 rings (SSSR count). The van der Waals surface area contributed by atoms with Crippen LogP contribution in [0, 0.1) is 11.3 Å². The molecule has 7 heteroatoms. The summed E-state index contributed by atoms with van der Waals surface area (Å²) in [7, 11) is 1.68. The zero-order chi connectivity index (χ0) is 19.3. The van der Waals surface area contributed by atoms with Crippen LogP contribution in [0.15, 0.2) is 28.9 Å². The maximum atomic E-state index is 12.0. The second-order valence-corrected chi connectivity index (χ2v) is 7.89. The lowest BCUT2D eigenvalue weighted by atomic mass is 9.87. The number of hydrogen-bond donors (Lipinski definition) is 1. The number of aromatic nitrogens is 2. The highest BCUT2D eigenvalue weighted by atomic mass is 79.9. The van der Waals surface area contributed by atoms with Gasteiger partial charge in [-0.25, -0.2) is 0 Å². The molecule has 26 heavy (non-hydrogen) atoms. The first-order chi connectivity index (χ1) is 12.2. The molecule has 0 aliphatic rings. The van der Waals surface area contributed by atoms with Gasteiger partial charge < -0.3 is 10.1 Å². The van der Waals surface area contributed by atoms with E-state index >= 15 is 0 Å². The molecule has 1 aromatic carbocycles. The summed E-state index contributed by atoms with van der Waals surface area (Å²) in [6, 6.07) is 8.07. The van der Waals surface area contributed by atoms with Gasteiger partial charge in [0.05, 0.1) is 17.3 Å². The van der Waals surface area contributed by atoms with Gasteiger partial charge in [0.15, 0.2) is 0 Å². The van der Waals surface area contributed by atoms with Crippen LogP contribution in [0.4, 0.5) is 5.82 Å². The standard InChI is InChI=1S/C19H23BrN4O2/c1-19(2,3)14-7-8-16(15(20)10-14)26-9-5-6-17(25)23-18-13(11-21)12-22-24(18)4/h7-8,10,12H,5-6,9H2,1-4H3,(H,23,25). The third-order valence-corrected chi connectivity index (χ3v) is 4.54. The van der Waals surface area contributed by atoms with Gasteiger partial charge in [-0.2, -0.15) is 10.4 Å². The summed E-state index contributed by atoms with van der Waals surface area (Å²) in [6.07, 6.45) is 2.30. The Kier molecular flexibility index (Phi) is 6.43. The Morgan fingerprint density at radius 1 is 1.42 bits per heavy atom. The third-order valence-electron chi connectivity index (χ3n) is 3.92. The molecule has 1 heterocycles. The van der Waals surface area contributed by atoms with Crippen molar-refractivity contribution in [2.45, 2.75) is 39.0 Å². The molecule has 0 saturated carbocycles. The van der Waals surface area contributed by atoms with Gasteiger partial charge in [0, 0.05) is 13.5 Å². The van der Waals surface area contributed by atoms with Gasteiger partial charge in [0.2, 0.25) is 5.91 Å². The molecule has 0 unspecified atom stereocenters. The van der Waals surface area contributed by atoms with Crippen molar-refractivity contribution < 1.29 is 9.53 Å². The normalized spacial score (nSPS) is 11.1. The zero-order valence-electron chi connectivity index (χ0n) is 15.5. The number of amides is 1. The molecule has 1 N–H and O–H groups in total. The third kappa shape index (κ3) is 5.09. The van der Waals surface area contributed by atoms with E-state index in [2.05, 4.69) is 59.2 Å². The molecule has 0 radical (unpaired) electrons. The number of aryl methyl sites for hydroxylation is 1. The number of carbonyl (C=O) groups excluding carboxylic acids is 1. The van der Waals surface area contributed by atoms with Crippen molar-refractivity contribution >= 4 is 27.7 Å². The van der Waals surface area contributed by atoms with E-state index in [1.165, 1.54) is 16.4 Å². The van der Waals surface area contributed by atoms with Gasteiger partial charge in [-0.15, -0.1) is 0 Å². The SMILES string of the molecule is Cn1ncc(C#N)c1NC(=O)CCCOc1ccc(C(C)(C)C)cc1Br. The van der Waals surface area contributed by atoms with E-state index in [4.69, 9.17) is 10.00 Å². The molecule has 1 aromatic heterocycles. The Bertz CT molecular complexity index is 831. The van der Waals surface area contributed by atoms with Crippen LogP contribution in [0.2, 0.25) is 0 Å². The number of carbonyl (C=O) groups is 1. The molecular weight excluding hydrogens is 396 g/mol. The molecule has 0 fully saturated rings. The van der Waals surface area contributed by atoms with E-state index in [1.54, 1.807) is 7.05 Å². The fourth-order valence-electron chi connectivity index (χ4n) is 2.36. The summed E-state index contributed by atoms with van der Waals surface area (Å²) in [5.41, 5.74) is 1.65. The Morgan fingerprint density at radius 2 is 2.15 bits per heavy atom. The lowest BCUT2D eigenvalue weighted by Gasteiger charge is -2.20. The lowest BCUT2D eigenvalue weighted by molar-refractivity contribution is -0.116. The molecule has 0 atom stereocenters. The van der Waals surface area contributed by atoms with Gasteiger partial charge in [0.1, 0.15) is 23.2 Å². The van der Waals surface area contributed by atoms with Crippen molar-refractivity contribution in [3.8, 4) is 11.8 Å². The smallest absolute Gasteiger partial charge is 0.225 e. The molecule has 0 saturated heterocycles. The Morgan fingerprint density at radius 3 is 2.77 bits per heavy atom. The van der Waals surface area contributed by atoms with Crippen molar-refractivity contribution in [3.05, 3.63) is 40.0 Å². The van der Waals surface area contributed by atoms with Crippen LogP contribution in [0.5, 0.6) is 5.75 Å². The maximum Gasteiger partial charge on any atom is 0.225 e. The minimum atomic E-state index is -0.171. The van der Waals surface area contributed by atoms with Crippen LogP contribution in [0.25, 0.3) is 0 Å². The van der Waals surface area contributed by atoms with Crippen LogP contribution in [-0.4, -0.2) is 22.3 Å². The van der Waals surface area contributed by atoms with E-state index in [-0.39, 0.29) is 11.3 Å². The van der Waals surface area contributed by atoms with Crippen LogP contribution in [0.3, 0.4) is 0 Å². The van der Waals surface area contributed by atoms with Crippen LogP contribution >= 0.6 is 15.9 Å². The molecule has 6 nitrogen and oxygen atoms in total. The average molecular weight is 419 g/mol. The van der Waals surface area contributed by atoms with Crippen molar-refractivity contribution in [2.75, 3.05) is 11.9 Å². The predicted octanol–water partition coefficient (Wildman–Crippen LogP) is 4.15. The maximum absolute atomic E-state index is 12.0. The van der Waals surface area contributed by atoms with Gasteiger partial charge >= 0.3 is 0 Å². The summed E-state index contributed by atoms with van der Waals surface area (Å²) < 4.78 is 8.14. The Hall–Kier alpha value is -2.33. The summed E-state index contributed by atoms with van der Waals surface area (Å²) >= 11 is 3.54. The van der Waals surface area contributed by atoms with Crippen LogP contribution in [-0.2, 0) is 17.3 Å². The van der Waals surface area contributed by atoms with E-state index < -0.39 is 0 Å². The van der Waals surface area contributed by atoms with Gasteiger partial charge in [-0.3, -0.25) is 9.48 Å². The number of nitrogens with zero attached hydrogens (tertiary/aromatic N) is 3. The monoisotopic (exact) mass is 418 g/mol. The summed E-state index contributed by atoms with van der Waals surface area (Å²) in [4.78, 5) is 12.0. The highest BCUT2D eigenvalue weighted by molar-refractivity contribution is 9.10. The molecule has 0 spiro atoms. The van der Waals surface area contributed by atoms with E-state index in [9.17, 15) is 4.79 Å². The van der Waals surface area contributed by atoms with E-state index in [0.717, 1.165) is 10.2 Å². The summed E-state index contributed by atoms with van der Waals surface area (Å²) in [6.45, 7) is 6.91. The highest BCUT2D eigenvalue weighted by Gasteiger charge is 2.15. The van der Waals surface area contributed by atoms with Gasteiger partial charge in [-0.05, 0) is 45.5 Å². The second-order valence-electron chi connectivity index (χ2n) is 7.04. The number of halogens is 1. The summed E-state index contributed by atoms with van der Waals surface area (Å²) in [5, 5.41) is 15.7. The predicted molar refractivity (Wildman–Crippen MR) is 104 cm³/mol. The first-order valence-electron chi connectivity index (χ1n) is 8.37. The molecule has 138 valence electrons. The number of benzene rings is 1. The largest absolute Gasteiger partial charge is 0.492 e. The van der Waals surface area contributed by atoms with E-state index in [0.29, 0.717) is 30.8 Å². The summed E-state index contributed by atoms with van der Waals surface area (Å²) in [5.74, 6) is 1.01. The average Bonchev–Trinajstić information content (AvgIpc) is 2.92. The van der Waals surface area contributed by atoms with Gasteiger partial charge in [-0.1, -0.05) is 26.8 Å². The van der Waals surface area contributed by atoms with E-state index in [1.807, 2.05) is 12.1 Å². The number of rotatable bonds is 6. The number of nitriles is 1. The van der Waals surface area contributed by atoms with Crippen molar-refractivity contribution in [1.29, 1.82) is 5.26 Å². The number of ether oxygens (including phenoxy) is 1. The number of nitrogens with one attached hydrogen (secondary N) is 1. The number of hydrogen-bond acceptors (Lipinski definition) is 4. The molecule has 0 aliphatic heterocycles.